The average Bonchev–Trinajstić information content (AvgIpc) is 2.22. The van der Waals surface area contributed by atoms with E-state index in [0.717, 1.165) is 0 Å². The quantitative estimate of drug-likeness (QED) is 0.600. The minimum atomic E-state index is -1.00. The van der Waals surface area contributed by atoms with Crippen molar-refractivity contribution >= 4 is 23.8 Å². The first-order chi connectivity index (χ1) is 8.36. The van der Waals surface area contributed by atoms with Crippen molar-refractivity contribution in [1.29, 1.82) is 0 Å². The van der Waals surface area contributed by atoms with Crippen LogP contribution in [0.15, 0.2) is 0 Å². The minimum absolute atomic E-state index is 0.0324. The van der Waals surface area contributed by atoms with E-state index in [1.165, 1.54) is 0 Å². The van der Waals surface area contributed by atoms with Crippen molar-refractivity contribution in [1.82, 2.24) is 15.5 Å². The molecule has 106 valence electrons. The van der Waals surface area contributed by atoms with Crippen LogP contribution in [0.3, 0.4) is 0 Å². The van der Waals surface area contributed by atoms with Crippen molar-refractivity contribution in [3.63, 3.8) is 0 Å². The van der Waals surface area contributed by atoms with Crippen LogP contribution in [-0.2, 0) is 4.79 Å². The molecule has 0 aromatic heterocycles. The van der Waals surface area contributed by atoms with E-state index in [1.54, 1.807) is 11.8 Å². The first-order valence-corrected chi connectivity index (χ1v) is 7.19. The summed E-state index contributed by atoms with van der Waals surface area (Å²) < 4.78 is 0. The summed E-state index contributed by atoms with van der Waals surface area (Å²) in [4.78, 5) is 24.5. The zero-order valence-corrected chi connectivity index (χ0v) is 12.2. The van der Waals surface area contributed by atoms with Crippen LogP contribution >= 0.6 is 11.8 Å². The summed E-state index contributed by atoms with van der Waals surface area (Å²) in [7, 11) is 3.82. The number of thioether (sulfide) groups is 1. The number of likely N-dealkylation sites (N-methyl/N-ethyl adjacent to an activating group) is 1. The van der Waals surface area contributed by atoms with Crippen molar-refractivity contribution < 1.29 is 14.7 Å². The van der Waals surface area contributed by atoms with Crippen LogP contribution in [0.1, 0.15) is 13.3 Å². The third kappa shape index (κ3) is 8.19. The maximum Gasteiger partial charge on any atom is 0.326 e. The number of hydrogen-bond acceptors (Lipinski definition) is 4. The Hall–Kier alpha value is -0.950. The fraction of sp³-hybridized carbons (Fsp3) is 0.818. The summed E-state index contributed by atoms with van der Waals surface area (Å²) >= 11 is 1.56. The lowest BCUT2D eigenvalue weighted by Crippen LogP contribution is -2.50. The molecule has 0 aliphatic rings. The molecule has 0 aromatic carbocycles. The van der Waals surface area contributed by atoms with E-state index < -0.39 is 18.0 Å². The highest BCUT2D eigenvalue weighted by Crippen LogP contribution is 2.01. The first kappa shape index (κ1) is 17.1. The van der Waals surface area contributed by atoms with Gasteiger partial charge in [-0.3, -0.25) is 0 Å². The molecule has 3 N–H and O–H groups in total. The van der Waals surface area contributed by atoms with E-state index in [9.17, 15) is 9.59 Å². The molecule has 0 heterocycles. The number of carbonyl (C=O) groups excluding carboxylic acids is 1. The van der Waals surface area contributed by atoms with Crippen molar-refractivity contribution in [2.45, 2.75) is 25.4 Å². The van der Waals surface area contributed by atoms with E-state index in [1.807, 2.05) is 32.2 Å². The molecule has 0 spiro atoms. The van der Waals surface area contributed by atoms with E-state index in [4.69, 9.17) is 5.11 Å². The Morgan fingerprint density at radius 2 is 1.94 bits per heavy atom. The Morgan fingerprint density at radius 3 is 2.39 bits per heavy atom. The fourth-order valence-corrected chi connectivity index (χ4v) is 1.98. The molecule has 0 saturated carbocycles. The van der Waals surface area contributed by atoms with Gasteiger partial charge in [0.2, 0.25) is 0 Å². The van der Waals surface area contributed by atoms with E-state index in [0.29, 0.717) is 18.7 Å². The summed E-state index contributed by atoms with van der Waals surface area (Å²) in [5.41, 5.74) is 0. The molecule has 0 fully saturated rings. The maximum atomic E-state index is 11.6. The Bertz CT molecular complexity index is 274. The topological polar surface area (TPSA) is 81.7 Å². The molecule has 0 bridgehead atoms. The second-order valence-electron chi connectivity index (χ2n) is 4.45. The number of carbonyl (C=O) groups is 2. The third-order valence-electron chi connectivity index (χ3n) is 2.23. The molecule has 0 aliphatic heterocycles. The number of aliphatic carboxylic acids is 1. The zero-order valence-electron chi connectivity index (χ0n) is 11.4. The number of nitrogens with one attached hydrogen (secondary N) is 2. The SMILES string of the molecule is CSCC[C@H](NC(=O)NC(C)CN(C)C)C(=O)O. The summed E-state index contributed by atoms with van der Waals surface area (Å²) in [6.45, 7) is 2.58. The Kier molecular flexibility index (Phi) is 8.57. The smallest absolute Gasteiger partial charge is 0.326 e. The van der Waals surface area contributed by atoms with Crippen LogP contribution in [-0.4, -0.2) is 66.7 Å². The number of amides is 2. The van der Waals surface area contributed by atoms with Crippen molar-refractivity contribution in [3.8, 4) is 0 Å². The van der Waals surface area contributed by atoms with Crippen LogP contribution in [0.2, 0.25) is 0 Å². The lowest BCUT2D eigenvalue weighted by Gasteiger charge is -2.20. The number of urea groups is 1. The first-order valence-electron chi connectivity index (χ1n) is 5.80. The van der Waals surface area contributed by atoms with Gasteiger partial charge in [-0.15, -0.1) is 0 Å². The van der Waals surface area contributed by atoms with E-state index in [2.05, 4.69) is 10.6 Å². The van der Waals surface area contributed by atoms with Crippen LogP contribution in [0.4, 0.5) is 4.79 Å². The molecule has 6 nitrogen and oxygen atoms in total. The van der Waals surface area contributed by atoms with Crippen molar-refractivity contribution in [2.75, 3.05) is 32.6 Å². The molecule has 7 heteroatoms. The highest BCUT2D eigenvalue weighted by molar-refractivity contribution is 7.98. The Labute approximate surface area is 112 Å². The van der Waals surface area contributed by atoms with Gasteiger partial charge in [-0.2, -0.15) is 11.8 Å². The lowest BCUT2D eigenvalue weighted by atomic mass is 10.2. The van der Waals surface area contributed by atoms with Gasteiger partial charge in [0.15, 0.2) is 0 Å². The standard InChI is InChI=1S/C11H23N3O3S/c1-8(7-14(2)3)12-11(17)13-9(10(15)16)5-6-18-4/h8-9H,5-7H2,1-4H3,(H,15,16)(H2,12,13,17)/t8?,9-/m0/s1. The summed E-state index contributed by atoms with van der Waals surface area (Å²) in [5, 5.41) is 14.2. The van der Waals surface area contributed by atoms with Crippen LogP contribution in [0.5, 0.6) is 0 Å². The van der Waals surface area contributed by atoms with Gasteiger partial charge in [0, 0.05) is 12.6 Å². The number of carboxylic acids is 1. The molecule has 0 radical (unpaired) electrons. The fourth-order valence-electron chi connectivity index (χ4n) is 1.51. The van der Waals surface area contributed by atoms with Gasteiger partial charge in [0.05, 0.1) is 0 Å². The Balaban J connectivity index is 4.12. The van der Waals surface area contributed by atoms with Gasteiger partial charge in [-0.1, -0.05) is 0 Å². The molecular weight excluding hydrogens is 254 g/mol. The van der Waals surface area contributed by atoms with Gasteiger partial charge in [-0.05, 0) is 39.4 Å². The lowest BCUT2D eigenvalue weighted by molar-refractivity contribution is -0.139. The Morgan fingerprint density at radius 1 is 1.33 bits per heavy atom. The molecule has 0 aliphatic carbocycles. The second-order valence-corrected chi connectivity index (χ2v) is 5.44. The second kappa shape index (κ2) is 9.04. The largest absolute Gasteiger partial charge is 0.480 e. The van der Waals surface area contributed by atoms with Crippen molar-refractivity contribution in [2.24, 2.45) is 0 Å². The van der Waals surface area contributed by atoms with Gasteiger partial charge < -0.3 is 20.6 Å². The third-order valence-corrected chi connectivity index (χ3v) is 2.87. The normalized spacial score (nSPS) is 14.1. The maximum absolute atomic E-state index is 11.6. The van der Waals surface area contributed by atoms with Gasteiger partial charge in [0.25, 0.3) is 0 Å². The van der Waals surface area contributed by atoms with E-state index in [-0.39, 0.29) is 6.04 Å². The van der Waals surface area contributed by atoms with Gasteiger partial charge >= 0.3 is 12.0 Å². The van der Waals surface area contributed by atoms with Gasteiger partial charge in [0.1, 0.15) is 6.04 Å². The number of rotatable bonds is 8. The highest BCUT2D eigenvalue weighted by atomic mass is 32.2. The van der Waals surface area contributed by atoms with Crippen LogP contribution in [0.25, 0.3) is 0 Å². The van der Waals surface area contributed by atoms with Crippen LogP contribution in [0, 0.1) is 0 Å². The molecule has 0 aromatic rings. The molecular formula is C11H23N3O3S. The van der Waals surface area contributed by atoms with Crippen molar-refractivity contribution in [3.05, 3.63) is 0 Å². The molecule has 18 heavy (non-hydrogen) atoms. The van der Waals surface area contributed by atoms with Crippen LogP contribution < -0.4 is 10.6 Å². The zero-order chi connectivity index (χ0) is 14.1. The minimum Gasteiger partial charge on any atom is -0.480 e. The number of hydrogen-bond donors (Lipinski definition) is 3. The molecule has 2 amide bonds. The molecule has 0 saturated heterocycles. The average molecular weight is 277 g/mol. The molecule has 2 atom stereocenters. The van der Waals surface area contributed by atoms with E-state index >= 15 is 0 Å². The summed E-state index contributed by atoms with van der Waals surface area (Å²) in [6.07, 6.45) is 2.32. The summed E-state index contributed by atoms with van der Waals surface area (Å²) in [5.74, 6) is -0.302. The highest BCUT2D eigenvalue weighted by Gasteiger charge is 2.20. The number of carboxylic acid groups (broad SMARTS) is 1. The summed E-state index contributed by atoms with van der Waals surface area (Å²) in [6, 6.07) is -1.29. The monoisotopic (exact) mass is 277 g/mol. The predicted molar refractivity (Wildman–Crippen MR) is 74.1 cm³/mol. The predicted octanol–water partition coefficient (Wildman–Crippen LogP) is 0.442. The molecule has 0 rings (SSSR count). The van der Waals surface area contributed by atoms with Gasteiger partial charge in [-0.25, -0.2) is 9.59 Å². The number of nitrogens with zero attached hydrogens (tertiary/aromatic N) is 1. The molecule has 1 unspecified atom stereocenters.